The average Bonchev–Trinajstić information content (AvgIpc) is 3.23. The second-order valence-electron chi connectivity index (χ2n) is 8.14. The van der Waals surface area contributed by atoms with Gasteiger partial charge < -0.3 is 4.42 Å². The van der Waals surface area contributed by atoms with Gasteiger partial charge in [-0.2, -0.15) is 0 Å². The fraction of sp³-hybridized carbons (Fsp3) is 0. The van der Waals surface area contributed by atoms with Crippen LogP contribution >= 0.6 is 0 Å². The van der Waals surface area contributed by atoms with Gasteiger partial charge in [-0.25, -0.2) is 0 Å². The van der Waals surface area contributed by atoms with Gasteiger partial charge in [-0.15, -0.1) is 0 Å². The minimum Gasteiger partial charge on any atom is -0.456 e. The van der Waals surface area contributed by atoms with E-state index < -0.39 is 0 Å². The van der Waals surface area contributed by atoms with E-state index in [1.165, 1.54) is 0 Å². The number of aliphatic imine (C=N–C) groups is 1. The summed E-state index contributed by atoms with van der Waals surface area (Å²) in [7, 11) is 0. The van der Waals surface area contributed by atoms with E-state index in [9.17, 15) is 0 Å². The fourth-order valence-corrected chi connectivity index (χ4v) is 4.73. The van der Waals surface area contributed by atoms with Crippen molar-refractivity contribution in [2.75, 3.05) is 0 Å². The smallest absolute Gasteiger partial charge is 0.135 e. The van der Waals surface area contributed by atoms with Crippen LogP contribution < -0.4 is 0 Å². The van der Waals surface area contributed by atoms with Crippen molar-refractivity contribution < 1.29 is 4.42 Å². The molecule has 2 heteroatoms. The zero-order valence-corrected chi connectivity index (χ0v) is 18.1. The lowest BCUT2D eigenvalue weighted by Crippen LogP contribution is -2.10. The second-order valence-corrected chi connectivity index (χ2v) is 8.14. The Morgan fingerprint density at radius 3 is 2.33 bits per heavy atom. The molecule has 0 atom stereocenters. The molecule has 0 saturated heterocycles. The molecule has 33 heavy (non-hydrogen) atoms. The number of fused-ring (bicyclic) bond motifs is 4. The summed E-state index contributed by atoms with van der Waals surface area (Å²) in [5.74, 6) is 0. The number of furan rings is 1. The lowest BCUT2D eigenvalue weighted by molar-refractivity contribution is 0.669. The summed E-state index contributed by atoms with van der Waals surface area (Å²) in [6.07, 6.45) is 5.71. The maximum atomic E-state index is 6.04. The van der Waals surface area contributed by atoms with Crippen molar-refractivity contribution in [3.05, 3.63) is 127 Å². The summed E-state index contributed by atoms with van der Waals surface area (Å²) >= 11 is 0. The van der Waals surface area contributed by atoms with Crippen molar-refractivity contribution in [3.63, 3.8) is 0 Å². The predicted molar refractivity (Wildman–Crippen MR) is 139 cm³/mol. The predicted octanol–water partition coefficient (Wildman–Crippen LogP) is 8.44. The Hall–Kier alpha value is -4.43. The van der Waals surface area contributed by atoms with Crippen molar-refractivity contribution in [1.82, 2.24) is 0 Å². The van der Waals surface area contributed by atoms with Gasteiger partial charge in [-0.05, 0) is 51.6 Å². The van der Waals surface area contributed by atoms with Crippen LogP contribution in [0.5, 0.6) is 0 Å². The molecule has 0 saturated carbocycles. The topological polar surface area (TPSA) is 25.5 Å². The SMILES string of the molecule is C=CN=C1C(=C)C=Cc2cccc(-c3ccccc3-c3ccc4oc5ccccc5c4c3)c21. The van der Waals surface area contributed by atoms with Crippen molar-refractivity contribution in [2.24, 2.45) is 4.99 Å². The minimum atomic E-state index is 0.865. The summed E-state index contributed by atoms with van der Waals surface area (Å²) in [4.78, 5) is 4.58. The van der Waals surface area contributed by atoms with Crippen LogP contribution in [0.1, 0.15) is 11.1 Å². The highest BCUT2D eigenvalue weighted by molar-refractivity contribution is 6.22. The van der Waals surface area contributed by atoms with E-state index in [1.54, 1.807) is 6.20 Å². The lowest BCUT2D eigenvalue weighted by Gasteiger charge is -2.21. The van der Waals surface area contributed by atoms with Gasteiger partial charge in [-0.3, -0.25) is 4.99 Å². The molecule has 0 bridgehead atoms. The number of hydrogen-bond acceptors (Lipinski definition) is 2. The summed E-state index contributed by atoms with van der Waals surface area (Å²) in [6.45, 7) is 8.03. The Kier molecular flexibility index (Phi) is 4.44. The van der Waals surface area contributed by atoms with Crippen LogP contribution in [0.3, 0.4) is 0 Å². The van der Waals surface area contributed by atoms with Gasteiger partial charge in [0.1, 0.15) is 11.2 Å². The highest BCUT2D eigenvalue weighted by atomic mass is 16.3. The fourth-order valence-electron chi connectivity index (χ4n) is 4.73. The van der Waals surface area contributed by atoms with E-state index in [2.05, 4.69) is 97.0 Å². The van der Waals surface area contributed by atoms with Gasteiger partial charge in [0, 0.05) is 22.5 Å². The van der Waals surface area contributed by atoms with Gasteiger partial charge in [0.25, 0.3) is 0 Å². The molecule has 0 aliphatic heterocycles. The van der Waals surface area contributed by atoms with Crippen LogP contribution in [0.15, 0.2) is 125 Å². The van der Waals surface area contributed by atoms with Crippen LogP contribution in [0, 0.1) is 0 Å². The first-order valence-corrected chi connectivity index (χ1v) is 10.9. The Bertz CT molecular complexity index is 1640. The van der Waals surface area contributed by atoms with Gasteiger partial charge in [0.15, 0.2) is 0 Å². The van der Waals surface area contributed by atoms with E-state index in [-0.39, 0.29) is 0 Å². The molecule has 0 amide bonds. The lowest BCUT2D eigenvalue weighted by atomic mass is 9.84. The number of allylic oxidation sites excluding steroid dienone is 2. The third-order valence-electron chi connectivity index (χ3n) is 6.23. The van der Waals surface area contributed by atoms with Gasteiger partial charge in [-0.1, -0.05) is 92.0 Å². The van der Waals surface area contributed by atoms with Crippen LogP contribution in [0.25, 0.3) is 50.3 Å². The van der Waals surface area contributed by atoms with Crippen molar-refractivity contribution >= 4 is 33.7 Å². The molecule has 156 valence electrons. The number of hydrogen-bond donors (Lipinski definition) is 0. The summed E-state index contributed by atoms with van der Waals surface area (Å²) in [6, 6.07) is 29.5. The maximum Gasteiger partial charge on any atom is 0.135 e. The molecular formula is C31H21NO. The highest BCUT2D eigenvalue weighted by Crippen LogP contribution is 2.39. The standard InChI is InChI=1S/C31H21NO/c1-3-32-31-20(2)15-16-21-9-8-13-26(30(21)31)24-11-5-4-10-23(24)22-17-18-29-27(19-22)25-12-6-7-14-28(25)33-29/h3-19H,1-2H2. The molecule has 1 aliphatic rings. The average molecular weight is 424 g/mol. The molecule has 0 unspecified atom stereocenters. The largest absolute Gasteiger partial charge is 0.456 e. The summed E-state index contributed by atoms with van der Waals surface area (Å²) in [5.41, 5.74) is 10.4. The van der Waals surface area contributed by atoms with E-state index in [0.29, 0.717) is 0 Å². The Morgan fingerprint density at radius 1 is 0.697 bits per heavy atom. The van der Waals surface area contributed by atoms with Crippen LogP contribution in [0.2, 0.25) is 0 Å². The van der Waals surface area contributed by atoms with Gasteiger partial charge >= 0.3 is 0 Å². The summed E-state index contributed by atoms with van der Waals surface area (Å²) in [5, 5.41) is 2.25. The molecule has 6 rings (SSSR count). The van der Waals surface area contributed by atoms with Crippen LogP contribution in [-0.2, 0) is 0 Å². The number of para-hydroxylation sites is 1. The van der Waals surface area contributed by atoms with Crippen LogP contribution in [0.4, 0.5) is 0 Å². The van der Waals surface area contributed by atoms with E-state index in [0.717, 1.165) is 66.6 Å². The molecule has 0 radical (unpaired) electrons. The highest BCUT2D eigenvalue weighted by Gasteiger charge is 2.21. The first-order chi connectivity index (χ1) is 16.2. The molecule has 0 N–H and O–H groups in total. The van der Waals surface area contributed by atoms with E-state index in [1.807, 2.05) is 18.2 Å². The third-order valence-corrected chi connectivity index (χ3v) is 6.23. The molecule has 1 aromatic heterocycles. The molecular weight excluding hydrogens is 402 g/mol. The quantitative estimate of drug-likeness (QED) is 0.286. The van der Waals surface area contributed by atoms with Crippen molar-refractivity contribution in [3.8, 4) is 22.3 Å². The summed E-state index contributed by atoms with van der Waals surface area (Å²) < 4.78 is 6.04. The first kappa shape index (κ1) is 19.3. The van der Waals surface area contributed by atoms with Crippen molar-refractivity contribution in [2.45, 2.75) is 0 Å². The monoisotopic (exact) mass is 423 g/mol. The normalized spacial score (nSPS) is 14.2. The zero-order chi connectivity index (χ0) is 22.4. The molecule has 5 aromatic rings. The third kappa shape index (κ3) is 3.07. The Labute approximate surface area is 192 Å². The molecule has 1 heterocycles. The Balaban J connectivity index is 1.60. The number of benzene rings is 4. The molecule has 4 aromatic carbocycles. The zero-order valence-electron chi connectivity index (χ0n) is 18.1. The van der Waals surface area contributed by atoms with Gasteiger partial charge in [0.2, 0.25) is 0 Å². The number of nitrogens with zero attached hydrogens (tertiary/aromatic N) is 1. The molecule has 1 aliphatic carbocycles. The van der Waals surface area contributed by atoms with Gasteiger partial charge in [0.05, 0.1) is 5.71 Å². The number of rotatable bonds is 3. The minimum absolute atomic E-state index is 0.865. The first-order valence-electron chi connectivity index (χ1n) is 10.9. The Morgan fingerprint density at radius 2 is 1.45 bits per heavy atom. The second kappa shape index (κ2) is 7.61. The van der Waals surface area contributed by atoms with Crippen molar-refractivity contribution in [1.29, 1.82) is 0 Å². The van der Waals surface area contributed by atoms with E-state index >= 15 is 0 Å². The molecule has 0 spiro atoms. The maximum absolute atomic E-state index is 6.04. The van der Waals surface area contributed by atoms with E-state index in [4.69, 9.17) is 4.42 Å². The van der Waals surface area contributed by atoms with Crippen LogP contribution in [-0.4, -0.2) is 5.71 Å². The molecule has 2 nitrogen and oxygen atoms in total. The molecule has 0 fully saturated rings.